The molecular formula is C29H48O2. The quantitative estimate of drug-likeness (QED) is 0.398. The van der Waals surface area contributed by atoms with Crippen molar-refractivity contribution in [1.29, 1.82) is 0 Å². The molecular weight excluding hydrogens is 380 g/mol. The predicted molar refractivity (Wildman–Crippen MR) is 125 cm³/mol. The van der Waals surface area contributed by atoms with Crippen LogP contribution >= 0.6 is 0 Å². The Balaban J connectivity index is 1.30. The molecule has 12 unspecified atom stereocenters. The lowest BCUT2D eigenvalue weighted by Crippen LogP contribution is -2.59. The highest BCUT2D eigenvalue weighted by atomic mass is 16.7. The second kappa shape index (κ2) is 6.74. The van der Waals surface area contributed by atoms with Gasteiger partial charge >= 0.3 is 0 Å². The lowest BCUT2D eigenvalue weighted by atomic mass is 9.39. The summed E-state index contributed by atoms with van der Waals surface area (Å²) in [5.74, 6) is 5.36. The van der Waals surface area contributed by atoms with Gasteiger partial charge in [-0.15, -0.1) is 0 Å². The van der Waals surface area contributed by atoms with Gasteiger partial charge in [0, 0.05) is 12.3 Å². The largest absolute Gasteiger partial charge is 0.349 e. The van der Waals surface area contributed by atoms with Crippen LogP contribution in [0, 0.1) is 57.7 Å². The summed E-state index contributed by atoms with van der Waals surface area (Å²) >= 11 is 0. The molecule has 31 heavy (non-hydrogen) atoms. The van der Waals surface area contributed by atoms with Gasteiger partial charge in [-0.2, -0.15) is 0 Å². The maximum Gasteiger partial charge on any atom is 0.171 e. The molecule has 2 nitrogen and oxygen atoms in total. The number of hydrogen-bond donors (Lipinski definition) is 0. The minimum Gasteiger partial charge on any atom is -0.349 e. The summed E-state index contributed by atoms with van der Waals surface area (Å²) in [5.41, 5.74) is 1.55. The Morgan fingerprint density at radius 2 is 1.39 bits per heavy atom. The number of hydrogen-bond acceptors (Lipinski definition) is 2. The fourth-order valence-electron chi connectivity index (χ4n) is 11.1. The van der Waals surface area contributed by atoms with Crippen molar-refractivity contribution in [2.75, 3.05) is 6.61 Å². The van der Waals surface area contributed by atoms with Gasteiger partial charge in [-0.05, 0) is 103 Å². The number of fused-ring (bicyclic) bond motifs is 7. The van der Waals surface area contributed by atoms with Gasteiger partial charge < -0.3 is 9.47 Å². The van der Waals surface area contributed by atoms with E-state index in [4.69, 9.17) is 9.47 Å². The molecule has 2 heterocycles. The molecule has 176 valence electrons. The van der Waals surface area contributed by atoms with Crippen LogP contribution in [0.2, 0.25) is 0 Å². The van der Waals surface area contributed by atoms with Gasteiger partial charge in [0.05, 0.1) is 12.7 Å². The predicted octanol–water partition coefficient (Wildman–Crippen LogP) is 7.46. The second-order valence-electron chi connectivity index (χ2n) is 14.2. The van der Waals surface area contributed by atoms with E-state index in [9.17, 15) is 0 Å². The molecule has 6 fully saturated rings. The van der Waals surface area contributed by atoms with E-state index in [1.807, 2.05) is 0 Å². The highest BCUT2D eigenvalue weighted by molar-refractivity contribution is 5.18. The topological polar surface area (TPSA) is 18.5 Å². The second-order valence-corrected chi connectivity index (χ2v) is 14.2. The van der Waals surface area contributed by atoms with Gasteiger partial charge in [0.15, 0.2) is 5.79 Å². The fraction of sp³-hybridized carbons (Fsp3) is 1.00. The Morgan fingerprint density at radius 3 is 2.13 bits per heavy atom. The maximum atomic E-state index is 6.98. The zero-order valence-electron chi connectivity index (χ0n) is 21.2. The van der Waals surface area contributed by atoms with Crippen LogP contribution in [0.15, 0.2) is 0 Å². The first-order valence-corrected chi connectivity index (χ1v) is 13.9. The van der Waals surface area contributed by atoms with Crippen molar-refractivity contribution >= 4 is 0 Å². The van der Waals surface area contributed by atoms with E-state index >= 15 is 0 Å². The number of ether oxygens (including phenoxy) is 2. The third-order valence-electron chi connectivity index (χ3n) is 12.8. The maximum absolute atomic E-state index is 6.98. The van der Waals surface area contributed by atoms with E-state index in [2.05, 4.69) is 41.5 Å². The lowest BCUT2D eigenvalue weighted by molar-refractivity contribution is -0.275. The van der Waals surface area contributed by atoms with Gasteiger partial charge in [0.2, 0.25) is 0 Å². The summed E-state index contributed by atoms with van der Waals surface area (Å²) in [5, 5.41) is 0. The molecule has 2 saturated heterocycles. The standard InChI is InChI=1S/C29H48O2/c1-18-7-11-26(4)21(15-18)9-12-27(5)23(26)10-13-28(6)24(27)16-22-25(28)20(3)29(31-22)14-8-19(2)17-30-29/h18-25H,7-17H2,1-6H3. The molecule has 12 atom stereocenters. The van der Waals surface area contributed by atoms with Gasteiger partial charge in [-0.3, -0.25) is 0 Å². The molecule has 6 aliphatic rings. The molecule has 6 rings (SSSR count). The third-order valence-corrected chi connectivity index (χ3v) is 12.8. The van der Waals surface area contributed by atoms with Crippen molar-refractivity contribution in [1.82, 2.24) is 0 Å². The molecule has 2 aliphatic heterocycles. The lowest BCUT2D eigenvalue weighted by Gasteiger charge is -2.66. The van der Waals surface area contributed by atoms with E-state index in [1.54, 1.807) is 0 Å². The Bertz CT molecular complexity index is 724. The molecule has 4 saturated carbocycles. The van der Waals surface area contributed by atoms with Crippen molar-refractivity contribution in [3.63, 3.8) is 0 Å². The Kier molecular flexibility index (Phi) is 4.67. The van der Waals surface area contributed by atoms with Crippen molar-refractivity contribution in [3.05, 3.63) is 0 Å². The summed E-state index contributed by atoms with van der Waals surface area (Å²) in [4.78, 5) is 0. The molecule has 0 N–H and O–H groups in total. The van der Waals surface area contributed by atoms with Crippen LogP contribution in [0.3, 0.4) is 0 Å². The molecule has 0 aromatic heterocycles. The molecule has 0 aromatic carbocycles. The highest BCUT2D eigenvalue weighted by Gasteiger charge is 2.71. The van der Waals surface area contributed by atoms with E-state index in [-0.39, 0.29) is 5.79 Å². The average molecular weight is 429 g/mol. The van der Waals surface area contributed by atoms with E-state index in [0.29, 0.717) is 40.1 Å². The minimum atomic E-state index is -0.267. The average Bonchev–Trinajstić information content (AvgIpc) is 3.17. The highest BCUT2D eigenvalue weighted by Crippen LogP contribution is 2.75. The van der Waals surface area contributed by atoms with Crippen molar-refractivity contribution in [2.45, 2.75) is 118 Å². The Labute approximate surface area is 191 Å². The molecule has 2 heteroatoms. The molecule has 0 radical (unpaired) electrons. The van der Waals surface area contributed by atoms with Gasteiger partial charge in [0.1, 0.15) is 0 Å². The van der Waals surface area contributed by atoms with Crippen molar-refractivity contribution in [2.24, 2.45) is 57.7 Å². The Hall–Kier alpha value is -0.0800. The summed E-state index contributed by atoms with van der Waals surface area (Å²) in [6.45, 7) is 16.4. The zero-order valence-corrected chi connectivity index (χ0v) is 21.2. The molecule has 0 aromatic rings. The minimum absolute atomic E-state index is 0.267. The van der Waals surface area contributed by atoms with E-state index in [0.717, 1.165) is 36.7 Å². The zero-order chi connectivity index (χ0) is 21.8. The molecule has 1 spiro atoms. The van der Waals surface area contributed by atoms with Crippen molar-refractivity contribution < 1.29 is 9.47 Å². The first-order valence-electron chi connectivity index (χ1n) is 13.9. The van der Waals surface area contributed by atoms with Crippen LogP contribution in [-0.4, -0.2) is 18.5 Å². The van der Waals surface area contributed by atoms with Gasteiger partial charge in [-0.1, -0.05) is 48.0 Å². The van der Waals surface area contributed by atoms with Crippen LogP contribution in [0.25, 0.3) is 0 Å². The number of rotatable bonds is 0. The SMILES string of the molecule is CC1CCC2(OC1)OC1CC3C(C)(CCC4C5(C)CCC(C)CC5CCC43C)C1C2C. The third kappa shape index (κ3) is 2.70. The first kappa shape index (κ1) is 21.5. The summed E-state index contributed by atoms with van der Waals surface area (Å²) in [6.07, 6.45) is 14.4. The summed E-state index contributed by atoms with van der Waals surface area (Å²) in [6, 6.07) is 0. The summed E-state index contributed by atoms with van der Waals surface area (Å²) in [7, 11) is 0. The molecule has 0 bridgehead atoms. The summed E-state index contributed by atoms with van der Waals surface area (Å²) < 4.78 is 13.5. The fourth-order valence-corrected chi connectivity index (χ4v) is 11.1. The van der Waals surface area contributed by atoms with E-state index in [1.165, 1.54) is 57.8 Å². The van der Waals surface area contributed by atoms with Gasteiger partial charge in [-0.25, -0.2) is 0 Å². The monoisotopic (exact) mass is 428 g/mol. The van der Waals surface area contributed by atoms with Gasteiger partial charge in [0.25, 0.3) is 0 Å². The van der Waals surface area contributed by atoms with Crippen LogP contribution in [0.5, 0.6) is 0 Å². The molecule has 4 aliphatic carbocycles. The van der Waals surface area contributed by atoms with Crippen LogP contribution < -0.4 is 0 Å². The molecule has 0 amide bonds. The normalized spacial score (nSPS) is 63.3. The van der Waals surface area contributed by atoms with Crippen LogP contribution in [0.1, 0.15) is 106 Å². The Morgan fingerprint density at radius 1 is 0.677 bits per heavy atom. The van der Waals surface area contributed by atoms with Crippen molar-refractivity contribution in [3.8, 4) is 0 Å². The van der Waals surface area contributed by atoms with Crippen LogP contribution in [0.4, 0.5) is 0 Å². The smallest absolute Gasteiger partial charge is 0.171 e. The van der Waals surface area contributed by atoms with Crippen LogP contribution in [-0.2, 0) is 9.47 Å². The van der Waals surface area contributed by atoms with E-state index < -0.39 is 0 Å². The first-order chi connectivity index (χ1) is 14.6.